The quantitative estimate of drug-likeness (QED) is 0.523. The summed E-state index contributed by atoms with van der Waals surface area (Å²) in [5.41, 5.74) is 1.04. The van der Waals surface area contributed by atoms with Gasteiger partial charge in [0, 0.05) is 0 Å². The largest absolute Gasteiger partial charge is 0.518 e. The molecule has 0 unspecified atom stereocenters. The van der Waals surface area contributed by atoms with Gasteiger partial charge in [-0.2, -0.15) is 0 Å². The first kappa shape index (κ1) is 22.9. The van der Waals surface area contributed by atoms with Gasteiger partial charge in [0.15, 0.2) is 0 Å². The number of likely N-dealkylation sites (tertiary alicyclic amines) is 1. The number of carbonyl (C=O) groups is 2. The van der Waals surface area contributed by atoms with Gasteiger partial charge in [-0.1, -0.05) is 35.5 Å². The zero-order valence-electron chi connectivity index (χ0n) is 18.2. The van der Waals surface area contributed by atoms with Gasteiger partial charge in [-0.15, -0.1) is 0 Å². The first-order chi connectivity index (χ1) is 13.4. The van der Waals surface area contributed by atoms with Gasteiger partial charge in [-0.25, -0.2) is 4.79 Å². The maximum atomic E-state index is 12.7. The second-order valence-electron chi connectivity index (χ2n) is 9.11. The Balaban J connectivity index is 2.09. The second-order valence-corrected chi connectivity index (χ2v) is 13.5. The predicted octanol–water partition coefficient (Wildman–Crippen LogP) is 4.34. The van der Waals surface area contributed by atoms with Crippen molar-refractivity contribution in [1.29, 1.82) is 0 Å². The van der Waals surface area contributed by atoms with Gasteiger partial charge in [0.1, 0.15) is 18.2 Å². The van der Waals surface area contributed by atoms with E-state index in [1.807, 2.05) is 50.0 Å². The van der Waals surface area contributed by atoms with Gasteiger partial charge in [0.2, 0.25) is 8.32 Å². The lowest BCUT2D eigenvalue weighted by atomic mass is 10.0. The fraction of sp³-hybridized carbons (Fsp3) is 0.571. The molecular formula is C21H32N2O5Si. The van der Waals surface area contributed by atoms with Crippen LogP contribution in [0.15, 0.2) is 35.5 Å². The molecule has 0 radical (unpaired) electrons. The Morgan fingerprint density at radius 2 is 1.83 bits per heavy atom. The third-order valence-electron chi connectivity index (χ3n) is 4.01. The van der Waals surface area contributed by atoms with Gasteiger partial charge >= 0.3 is 12.1 Å². The molecule has 0 spiro atoms. The van der Waals surface area contributed by atoms with Crippen molar-refractivity contribution in [2.75, 3.05) is 6.54 Å². The molecule has 0 saturated carbocycles. The summed E-state index contributed by atoms with van der Waals surface area (Å²) in [7, 11) is -2.07. The summed E-state index contributed by atoms with van der Waals surface area (Å²) in [4.78, 5) is 32.3. The summed E-state index contributed by atoms with van der Waals surface area (Å²) in [5, 5.41) is 4.20. The molecule has 1 aromatic rings. The van der Waals surface area contributed by atoms with Crippen LogP contribution in [0, 0.1) is 0 Å². The second kappa shape index (κ2) is 9.43. The Morgan fingerprint density at radius 1 is 1.17 bits per heavy atom. The number of amides is 1. The predicted molar refractivity (Wildman–Crippen MR) is 114 cm³/mol. The minimum Gasteiger partial charge on any atom is -0.518 e. The van der Waals surface area contributed by atoms with Crippen LogP contribution in [0.5, 0.6) is 0 Å². The van der Waals surface area contributed by atoms with Crippen molar-refractivity contribution < 1.29 is 23.6 Å². The molecule has 1 fully saturated rings. The van der Waals surface area contributed by atoms with E-state index >= 15 is 0 Å². The summed E-state index contributed by atoms with van der Waals surface area (Å²) >= 11 is 0. The number of benzene rings is 1. The summed E-state index contributed by atoms with van der Waals surface area (Å²) in [6, 6.07) is 9.04. The molecule has 2 rings (SSSR count). The monoisotopic (exact) mass is 420 g/mol. The van der Waals surface area contributed by atoms with Crippen LogP contribution in [-0.4, -0.2) is 49.2 Å². The number of hydrogen-bond acceptors (Lipinski definition) is 6. The standard InChI is InChI=1S/C21H32N2O5Si/c1-21(2,3)27-20(25)23-14-17(22-26-15-16-10-8-7-9-11-16)12-13-18(23)19(24)28-29(4,5)6/h7-11,18H,12-15H2,1-6H3/b22-17-/t18-/m0/s1. The summed E-state index contributed by atoms with van der Waals surface area (Å²) in [6.07, 6.45) is 0.431. The molecule has 0 aromatic heterocycles. The fourth-order valence-electron chi connectivity index (χ4n) is 2.82. The maximum absolute atomic E-state index is 12.7. The molecule has 1 amide bonds. The Kier molecular flexibility index (Phi) is 7.46. The zero-order valence-corrected chi connectivity index (χ0v) is 19.2. The minimum atomic E-state index is -2.07. The summed E-state index contributed by atoms with van der Waals surface area (Å²) in [5.74, 6) is -0.376. The first-order valence-electron chi connectivity index (χ1n) is 9.89. The van der Waals surface area contributed by atoms with E-state index in [4.69, 9.17) is 14.0 Å². The summed E-state index contributed by atoms with van der Waals surface area (Å²) < 4.78 is 11.1. The number of rotatable bonds is 5. The van der Waals surface area contributed by atoms with Crippen LogP contribution < -0.4 is 0 Å². The van der Waals surface area contributed by atoms with Crippen molar-refractivity contribution in [3.63, 3.8) is 0 Å². The smallest absolute Gasteiger partial charge is 0.411 e. The zero-order chi connectivity index (χ0) is 21.7. The van der Waals surface area contributed by atoms with E-state index in [9.17, 15) is 9.59 Å². The lowest BCUT2D eigenvalue weighted by molar-refractivity contribution is -0.141. The van der Waals surface area contributed by atoms with E-state index in [-0.39, 0.29) is 12.5 Å². The Hall–Kier alpha value is -2.35. The average molecular weight is 421 g/mol. The molecule has 0 aliphatic carbocycles. The highest BCUT2D eigenvalue weighted by atomic mass is 28.4. The number of carbonyl (C=O) groups excluding carboxylic acids is 2. The third kappa shape index (κ3) is 7.89. The van der Waals surface area contributed by atoms with Crippen LogP contribution in [0.4, 0.5) is 4.79 Å². The van der Waals surface area contributed by atoms with Crippen molar-refractivity contribution >= 4 is 26.1 Å². The molecule has 0 bridgehead atoms. The molecule has 7 nitrogen and oxygen atoms in total. The van der Waals surface area contributed by atoms with Crippen molar-refractivity contribution in [2.24, 2.45) is 5.16 Å². The van der Waals surface area contributed by atoms with Gasteiger partial charge in [0.05, 0.1) is 12.3 Å². The lowest BCUT2D eigenvalue weighted by Gasteiger charge is -2.36. The third-order valence-corrected chi connectivity index (χ3v) is 4.82. The van der Waals surface area contributed by atoms with Crippen molar-refractivity contribution in [3.8, 4) is 0 Å². The Morgan fingerprint density at radius 3 is 2.41 bits per heavy atom. The molecule has 160 valence electrons. The van der Waals surface area contributed by atoms with Gasteiger partial charge in [-0.05, 0) is 58.8 Å². The molecular weight excluding hydrogens is 388 g/mol. The van der Waals surface area contributed by atoms with E-state index < -0.39 is 26.1 Å². The van der Waals surface area contributed by atoms with Crippen LogP contribution >= 0.6 is 0 Å². The van der Waals surface area contributed by atoms with Crippen molar-refractivity contribution in [1.82, 2.24) is 4.90 Å². The topological polar surface area (TPSA) is 77.4 Å². The normalized spacial score (nSPS) is 19.0. The fourth-order valence-corrected chi connectivity index (χ4v) is 3.56. The molecule has 1 aliphatic rings. The van der Waals surface area contributed by atoms with Gasteiger partial charge in [-0.3, -0.25) is 9.69 Å². The van der Waals surface area contributed by atoms with E-state index in [1.54, 1.807) is 20.8 Å². The highest BCUT2D eigenvalue weighted by Gasteiger charge is 2.39. The van der Waals surface area contributed by atoms with Crippen LogP contribution in [0.3, 0.4) is 0 Å². The highest BCUT2D eigenvalue weighted by Crippen LogP contribution is 2.22. The maximum Gasteiger partial charge on any atom is 0.411 e. The molecule has 1 saturated heterocycles. The molecule has 1 aliphatic heterocycles. The van der Waals surface area contributed by atoms with Crippen molar-refractivity contribution in [2.45, 2.75) is 71.5 Å². The molecule has 1 atom stereocenters. The molecule has 1 heterocycles. The molecule has 8 heteroatoms. The Labute approximate surface area is 174 Å². The van der Waals surface area contributed by atoms with E-state index in [0.29, 0.717) is 25.2 Å². The SMILES string of the molecule is CC(C)(C)OC(=O)N1C/C(=N\OCc2ccccc2)CC[C@H]1C(=O)O[Si](C)(C)C. The van der Waals surface area contributed by atoms with Crippen molar-refractivity contribution in [3.05, 3.63) is 35.9 Å². The first-order valence-corrected chi connectivity index (χ1v) is 13.3. The molecule has 0 N–H and O–H groups in total. The van der Waals surface area contributed by atoms with Crippen LogP contribution in [0.2, 0.25) is 19.6 Å². The number of nitrogens with zero attached hydrogens (tertiary/aromatic N) is 2. The van der Waals surface area contributed by atoms with E-state index in [0.717, 1.165) is 5.56 Å². The van der Waals surface area contributed by atoms with E-state index in [1.165, 1.54) is 4.90 Å². The molecule has 1 aromatic carbocycles. The van der Waals surface area contributed by atoms with E-state index in [2.05, 4.69) is 5.16 Å². The summed E-state index contributed by atoms with van der Waals surface area (Å²) in [6.45, 7) is 11.7. The van der Waals surface area contributed by atoms with Crippen LogP contribution in [0.25, 0.3) is 0 Å². The number of ether oxygens (including phenoxy) is 1. The Bertz CT molecular complexity index is 738. The highest BCUT2D eigenvalue weighted by molar-refractivity contribution is 6.71. The van der Waals surface area contributed by atoms with Gasteiger partial charge < -0.3 is 14.0 Å². The van der Waals surface area contributed by atoms with Crippen LogP contribution in [0.1, 0.15) is 39.2 Å². The average Bonchev–Trinajstić information content (AvgIpc) is 2.59. The van der Waals surface area contributed by atoms with Gasteiger partial charge in [0.25, 0.3) is 0 Å². The lowest BCUT2D eigenvalue weighted by Crippen LogP contribution is -2.54. The minimum absolute atomic E-state index is 0.176. The number of oxime groups is 1. The number of piperidine rings is 1. The van der Waals surface area contributed by atoms with Crippen LogP contribution in [-0.2, 0) is 25.4 Å². The number of hydrogen-bond donors (Lipinski definition) is 0. The molecule has 29 heavy (non-hydrogen) atoms.